The highest BCUT2D eigenvalue weighted by atomic mass is 35.5. The van der Waals surface area contributed by atoms with Crippen LogP contribution in [0.5, 0.6) is 5.75 Å². The maximum Gasteiger partial charge on any atom is 0.278 e. The van der Waals surface area contributed by atoms with Crippen molar-refractivity contribution in [2.24, 2.45) is 0 Å². The summed E-state index contributed by atoms with van der Waals surface area (Å²) in [6.07, 6.45) is 3.89. The number of ether oxygens (including phenoxy) is 1. The number of carbonyl (C=O) groups is 1. The van der Waals surface area contributed by atoms with Gasteiger partial charge in [0.15, 0.2) is 17.4 Å². The molecule has 0 spiro atoms. The van der Waals surface area contributed by atoms with E-state index in [4.69, 9.17) is 19.1 Å². The Morgan fingerprint density at radius 1 is 1.22 bits per heavy atom. The smallest absolute Gasteiger partial charge is 0.278 e. The average Bonchev–Trinajstić information content (AvgIpc) is 2.73. The van der Waals surface area contributed by atoms with Crippen LogP contribution >= 0.6 is 11.6 Å². The molecule has 0 aliphatic carbocycles. The van der Waals surface area contributed by atoms with Crippen LogP contribution < -0.4 is 10.3 Å². The molecule has 3 aromatic rings. The maximum absolute atomic E-state index is 15.3. The molecule has 10 heteroatoms. The number of fused-ring (bicyclic) bond motifs is 3. The quantitative estimate of drug-likeness (QED) is 0.535. The number of halogens is 4. The number of carbonyl (C=O) groups excluding carboxylic acids is 1. The predicted octanol–water partition coefficient (Wildman–Crippen LogP) is 4.36. The molecule has 0 fully saturated rings. The monoisotopic (exact) mass is 465 g/mol. The van der Waals surface area contributed by atoms with Crippen molar-refractivity contribution in [3.63, 3.8) is 0 Å². The SMILES string of the molecule is [2H]C([2H])(Oc1cc2n(c(=O)c1Cl)-c1c(cnc(C(C)=O)c1F)CCCC2)c1ncc(F)cc1F. The third-order valence-electron chi connectivity index (χ3n) is 5.01. The highest BCUT2D eigenvalue weighted by Crippen LogP contribution is 2.30. The van der Waals surface area contributed by atoms with E-state index in [1.807, 2.05) is 0 Å². The van der Waals surface area contributed by atoms with Gasteiger partial charge >= 0.3 is 0 Å². The lowest BCUT2D eigenvalue weighted by atomic mass is 10.0. The molecule has 3 aromatic heterocycles. The summed E-state index contributed by atoms with van der Waals surface area (Å²) in [7, 11) is 0. The lowest BCUT2D eigenvalue weighted by molar-refractivity contribution is 0.100. The van der Waals surface area contributed by atoms with Gasteiger partial charge in [-0.2, -0.15) is 0 Å². The topological polar surface area (TPSA) is 74.1 Å². The van der Waals surface area contributed by atoms with Gasteiger partial charge in [-0.25, -0.2) is 18.2 Å². The minimum Gasteiger partial charge on any atom is -0.485 e. The molecule has 0 saturated heterocycles. The second kappa shape index (κ2) is 8.74. The third-order valence-corrected chi connectivity index (χ3v) is 5.36. The number of ketones is 1. The molecule has 0 unspecified atom stereocenters. The van der Waals surface area contributed by atoms with Gasteiger partial charge < -0.3 is 4.74 Å². The molecule has 0 saturated carbocycles. The number of pyridine rings is 3. The van der Waals surface area contributed by atoms with E-state index in [9.17, 15) is 18.4 Å². The van der Waals surface area contributed by atoms with Gasteiger partial charge in [-0.3, -0.25) is 19.1 Å². The largest absolute Gasteiger partial charge is 0.485 e. The molecule has 0 aromatic carbocycles. The lowest BCUT2D eigenvalue weighted by Crippen LogP contribution is -2.27. The van der Waals surface area contributed by atoms with Crippen molar-refractivity contribution in [2.75, 3.05) is 0 Å². The maximum atomic E-state index is 15.3. The Balaban J connectivity index is 1.88. The van der Waals surface area contributed by atoms with Gasteiger partial charge in [0.05, 0.1) is 14.6 Å². The molecule has 0 bridgehead atoms. The van der Waals surface area contributed by atoms with E-state index in [0.29, 0.717) is 37.1 Å². The summed E-state index contributed by atoms with van der Waals surface area (Å²) in [5, 5.41) is -0.595. The lowest BCUT2D eigenvalue weighted by Gasteiger charge is -2.22. The van der Waals surface area contributed by atoms with Gasteiger partial charge in [0.2, 0.25) is 0 Å². The molecule has 166 valence electrons. The molecule has 1 aliphatic rings. The second-order valence-corrected chi connectivity index (χ2v) is 7.58. The van der Waals surface area contributed by atoms with Crippen LogP contribution in [0.25, 0.3) is 5.69 Å². The minimum atomic E-state index is -2.91. The molecule has 32 heavy (non-hydrogen) atoms. The zero-order chi connectivity index (χ0) is 24.8. The van der Waals surface area contributed by atoms with E-state index in [2.05, 4.69) is 9.97 Å². The van der Waals surface area contributed by atoms with Crippen molar-refractivity contribution in [1.29, 1.82) is 0 Å². The number of hydrogen-bond acceptors (Lipinski definition) is 5. The van der Waals surface area contributed by atoms with Crippen LogP contribution in [0.1, 0.15) is 49.9 Å². The van der Waals surface area contributed by atoms with Gasteiger partial charge in [-0.1, -0.05) is 11.6 Å². The Hall–Kier alpha value is -3.20. The predicted molar refractivity (Wildman–Crippen MR) is 110 cm³/mol. The Kier molecular flexibility index (Phi) is 5.32. The second-order valence-electron chi connectivity index (χ2n) is 7.20. The van der Waals surface area contributed by atoms with E-state index >= 15 is 4.39 Å². The van der Waals surface area contributed by atoms with Crippen molar-refractivity contribution in [3.8, 4) is 11.4 Å². The van der Waals surface area contributed by atoms with Crippen molar-refractivity contribution in [3.05, 3.63) is 80.0 Å². The van der Waals surface area contributed by atoms with E-state index < -0.39 is 57.5 Å². The number of aryl methyl sites for hydroxylation is 2. The Labute approximate surface area is 188 Å². The normalized spacial score (nSPS) is 14.4. The van der Waals surface area contributed by atoms with Gasteiger partial charge in [-0.05, 0) is 31.2 Å². The molecule has 4 rings (SSSR count). The summed E-state index contributed by atoms with van der Waals surface area (Å²) in [6.45, 7) is -1.76. The summed E-state index contributed by atoms with van der Waals surface area (Å²) in [4.78, 5) is 32.4. The molecule has 0 radical (unpaired) electrons. The van der Waals surface area contributed by atoms with Crippen LogP contribution in [-0.2, 0) is 19.4 Å². The molecule has 4 heterocycles. The Bertz CT molecular complexity index is 1380. The zero-order valence-electron chi connectivity index (χ0n) is 18.7. The van der Waals surface area contributed by atoms with Gasteiger partial charge in [0.1, 0.15) is 34.5 Å². The number of aromatic nitrogens is 3. The van der Waals surface area contributed by atoms with Crippen molar-refractivity contribution in [1.82, 2.24) is 14.5 Å². The van der Waals surface area contributed by atoms with E-state index in [1.165, 1.54) is 12.3 Å². The molecule has 1 aliphatic heterocycles. The zero-order valence-corrected chi connectivity index (χ0v) is 17.5. The Morgan fingerprint density at radius 3 is 2.69 bits per heavy atom. The fourth-order valence-electron chi connectivity index (χ4n) is 3.51. The highest BCUT2D eigenvalue weighted by molar-refractivity contribution is 6.31. The van der Waals surface area contributed by atoms with Crippen LogP contribution in [-0.4, -0.2) is 20.3 Å². The summed E-state index contributed by atoms with van der Waals surface area (Å²) >= 11 is 6.20. The summed E-state index contributed by atoms with van der Waals surface area (Å²) in [5.41, 5.74) is -1.69. The van der Waals surface area contributed by atoms with Crippen LogP contribution in [0.4, 0.5) is 13.2 Å². The molecular formula is C22H17ClF3N3O3. The number of Topliss-reactive ketones (excluding diaryl/α,β-unsaturated/α-hetero) is 1. The van der Waals surface area contributed by atoms with Crippen LogP contribution in [0, 0.1) is 17.5 Å². The van der Waals surface area contributed by atoms with E-state index in [1.54, 1.807) is 0 Å². The average molecular weight is 466 g/mol. The number of nitrogens with zero attached hydrogens (tertiary/aromatic N) is 3. The van der Waals surface area contributed by atoms with Gasteiger partial charge in [0.25, 0.3) is 5.56 Å². The summed E-state index contributed by atoms with van der Waals surface area (Å²) < 4.78 is 65.0. The molecule has 6 nitrogen and oxygen atoms in total. The summed E-state index contributed by atoms with van der Waals surface area (Å²) in [6, 6.07) is 1.70. The molecule has 0 amide bonds. The van der Waals surface area contributed by atoms with Crippen LogP contribution in [0.3, 0.4) is 0 Å². The Morgan fingerprint density at radius 2 is 1.97 bits per heavy atom. The highest BCUT2D eigenvalue weighted by Gasteiger charge is 2.25. The number of hydrogen-bond donors (Lipinski definition) is 0. The van der Waals surface area contributed by atoms with Gasteiger partial charge in [-0.15, -0.1) is 0 Å². The van der Waals surface area contributed by atoms with Gasteiger partial charge in [0, 0.05) is 30.9 Å². The van der Waals surface area contributed by atoms with Crippen molar-refractivity contribution < 1.29 is 25.4 Å². The summed E-state index contributed by atoms with van der Waals surface area (Å²) in [5.74, 6) is -4.30. The van der Waals surface area contributed by atoms with Crippen LogP contribution in [0.2, 0.25) is 5.02 Å². The fraction of sp³-hybridized carbons (Fsp3) is 0.273. The van der Waals surface area contributed by atoms with E-state index in [0.717, 1.165) is 11.5 Å². The van der Waals surface area contributed by atoms with Crippen molar-refractivity contribution in [2.45, 2.75) is 39.2 Å². The molecular weight excluding hydrogens is 447 g/mol. The third kappa shape index (κ3) is 4.00. The van der Waals surface area contributed by atoms with E-state index in [-0.39, 0.29) is 17.8 Å². The first-order valence-electron chi connectivity index (χ1n) is 10.6. The minimum absolute atomic E-state index is 0.150. The first-order valence-corrected chi connectivity index (χ1v) is 10.0. The number of rotatable bonds is 4. The van der Waals surface area contributed by atoms with Crippen molar-refractivity contribution >= 4 is 17.4 Å². The standard InChI is InChI=1S/C22H17ClF3N3O3/c1-11(30)20-19(26)21-12(8-28-20)4-2-3-5-14-7-17(18(23)22(31)29(14)21)32-10-16-15(25)6-13(24)9-27-16/h6-9H,2-5,10H2,1H3/i10D2. The fourth-order valence-corrected chi connectivity index (χ4v) is 3.69. The molecule has 0 N–H and O–H groups in total. The first kappa shape index (κ1) is 19.5. The first-order chi connectivity index (χ1) is 16.0. The molecule has 0 atom stereocenters. The van der Waals surface area contributed by atoms with Crippen LogP contribution in [0.15, 0.2) is 29.3 Å².